The van der Waals surface area contributed by atoms with Gasteiger partial charge in [-0.2, -0.15) is 0 Å². The van der Waals surface area contributed by atoms with Gasteiger partial charge in [-0.05, 0) is 41.8 Å². The molecule has 0 unspecified atom stereocenters. The summed E-state index contributed by atoms with van der Waals surface area (Å²) in [6.07, 6.45) is 3.61. The van der Waals surface area contributed by atoms with E-state index >= 15 is 0 Å². The minimum atomic E-state index is -4.28. The summed E-state index contributed by atoms with van der Waals surface area (Å²) in [5.74, 6) is -0.654. The Hall–Kier alpha value is -3.49. The van der Waals surface area contributed by atoms with Crippen molar-refractivity contribution in [3.05, 3.63) is 111 Å². The lowest BCUT2D eigenvalue weighted by atomic mass is 9.94. The summed E-state index contributed by atoms with van der Waals surface area (Å²) in [6.45, 7) is 0. The smallest absolute Gasteiger partial charge is 0.268 e. The van der Waals surface area contributed by atoms with Crippen molar-refractivity contribution < 1.29 is 18.1 Å². The predicted octanol–water partition coefficient (Wildman–Crippen LogP) is 4.72. The Morgan fingerprint density at radius 3 is 2.34 bits per heavy atom. The first-order valence-corrected chi connectivity index (χ1v) is 11.4. The van der Waals surface area contributed by atoms with Crippen LogP contribution >= 0.6 is 11.6 Å². The average molecular weight is 469 g/mol. The van der Waals surface area contributed by atoms with Gasteiger partial charge in [0.1, 0.15) is 0 Å². The third-order valence-electron chi connectivity index (χ3n) is 5.19. The highest BCUT2D eigenvalue weighted by Gasteiger charge is 2.39. The second-order valence-corrected chi connectivity index (χ2v) is 9.39. The van der Waals surface area contributed by atoms with Crippen LogP contribution in [0.1, 0.15) is 21.5 Å². The van der Waals surface area contributed by atoms with Crippen molar-refractivity contribution >= 4 is 39.3 Å². The quantitative estimate of drug-likeness (QED) is 0.398. The number of benzene rings is 3. The molecule has 1 aliphatic heterocycles. The lowest BCUT2D eigenvalue weighted by Crippen LogP contribution is -2.48. The standard InChI is InChI=1S/C23H17ClN2O5S/c24-22-8-4-2-5-16(22)9-10-19-15-17-6-1-3-7-21(17)23(27)25(19)32(30,31)20-13-11-18(12-14-20)26(28)29/h1-14,19H,15H2/b10-9+/t19-/m1/s1. The van der Waals surface area contributed by atoms with Crippen molar-refractivity contribution in [2.45, 2.75) is 17.4 Å². The number of fused-ring (bicyclic) bond motifs is 1. The number of rotatable bonds is 5. The molecule has 3 aromatic rings. The second-order valence-electron chi connectivity index (χ2n) is 7.17. The zero-order valence-electron chi connectivity index (χ0n) is 16.6. The van der Waals surface area contributed by atoms with Crippen LogP contribution in [0.5, 0.6) is 0 Å². The second kappa shape index (κ2) is 8.57. The van der Waals surface area contributed by atoms with E-state index in [9.17, 15) is 23.3 Å². The largest absolute Gasteiger partial charge is 0.269 e. The normalized spacial score (nSPS) is 16.2. The number of sulfonamides is 1. The maximum Gasteiger partial charge on any atom is 0.269 e. The van der Waals surface area contributed by atoms with Gasteiger partial charge in [-0.1, -0.05) is 60.2 Å². The van der Waals surface area contributed by atoms with Crippen molar-refractivity contribution in [3.63, 3.8) is 0 Å². The van der Waals surface area contributed by atoms with E-state index in [0.717, 1.165) is 34.1 Å². The van der Waals surface area contributed by atoms with Crippen molar-refractivity contribution in [1.82, 2.24) is 4.31 Å². The molecular formula is C23H17ClN2O5S. The Morgan fingerprint density at radius 1 is 1.00 bits per heavy atom. The first-order valence-electron chi connectivity index (χ1n) is 9.63. The van der Waals surface area contributed by atoms with Crippen LogP contribution in [0.15, 0.2) is 83.8 Å². The van der Waals surface area contributed by atoms with Gasteiger partial charge >= 0.3 is 0 Å². The first-order chi connectivity index (χ1) is 15.3. The van der Waals surface area contributed by atoms with Crippen LogP contribution in [0, 0.1) is 10.1 Å². The van der Waals surface area contributed by atoms with E-state index in [0.29, 0.717) is 16.1 Å². The van der Waals surface area contributed by atoms with E-state index in [1.54, 1.807) is 60.7 Å². The van der Waals surface area contributed by atoms with Crippen molar-refractivity contribution in [3.8, 4) is 0 Å². The fourth-order valence-corrected chi connectivity index (χ4v) is 5.32. The van der Waals surface area contributed by atoms with E-state index in [-0.39, 0.29) is 17.0 Å². The number of carbonyl (C=O) groups is 1. The summed E-state index contributed by atoms with van der Waals surface area (Å²) >= 11 is 6.21. The fraction of sp³-hybridized carbons (Fsp3) is 0.0870. The summed E-state index contributed by atoms with van der Waals surface area (Å²) in [6, 6.07) is 17.6. The maximum absolute atomic E-state index is 13.5. The number of non-ortho nitro benzene ring substituents is 1. The van der Waals surface area contributed by atoms with E-state index < -0.39 is 26.9 Å². The van der Waals surface area contributed by atoms with Crippen LogP contribution in [0.2, 0.25) is 5.02 Å². The third-order valence-corrected chi connectivity index (χ3v) is 7.35. The molecule has 0 N–H and O–H groups in total. The molecule has 4 rings (SSSR count). The summed E-state index contributed by atoms with van der Waals surface area (Å²) in [7, 11) is -4.28. The lowest BCUT2D eigenvalue weighted by Gasteiger charge is -2.34. The molecule has 0 saturated carbocycles. The minimum absolute atomic E-state index is 0.202. The molecule has 3 aromatic carbocycles. The van der Waals surface area contributed by atoms with Crippen LogP contribution in [0.3, 0.4) is 0 Å². The monoisotopic (exact) mass is 468 g/mol. The van der Waals surface area contributed by atoms with Gasteiger partial charge in [0.25, 0.3) is 21.6 Å². The molecule has 0 saturated heterocycles. The molecule has 1 amide bonds. The molecule has 0 fully saturated rings. The zero-order valence-corrected chi connectivity index (χ0v) is 18.2. The molecule has 7 nitrogen and oxygen atoms in total. The number of hydrogen-bond donors (Lipinski definition) is 0. The number of halogens is 1. The average Bonchev–Trinajstić information content (AvgIpc) is 2.78. The van der Waals surface area contributed by atoms with Gasteiger partial charge in [0.05, 0.1) is 15.9 Å². The van der Waals surface area contributed by atoms with Gasteiger partial charge in [-0.3, -0.25) is 14.9 Å². The topological polar surface area (TPSA) is 97.6 Å². The highest BCUT2D eigenvalue weighted by Crippen LogP contribution is 2.31. The van der Waals surface area contributed by atoms with E-state index in [2.05, 4.69) is 0 Å². The molecule has 9 heteroatoms. The highest BCUT2D eigenvalue weighted by molar-refractivity contribution is 7.89. The zero-order chi connectivity index (χ0) is 22.9. The highest BCUT2D eigenvalue weighted by atomic mass is 35.5. The molecular weight excluding hydrogens is 452 g/mol. The number of nitro groups is 1. The van der Waals surface area contributed by atoms with Crippen LogP contribution in [-0.2, 0) is 16.4 Å². The van der Waals surface area contributed by atoms with Crippen LogP contribution < -0.4 is 0 Å². The lowest BCUT2D eigenvalue weighted by molar-refractivity contribution is -0.384. The van der Waals surface area contributed by atoms with Gasteiger partial charge in [0.15, 0.2) is 0 Å². The van der Waals surface area contributed by atoms with Crippen molar-refractivity contribution in [2.24, 2.45) is 0 Å². The molecule has 162 valence electrons. The van der Waals surface area contributed by atoms with Crippen molar-refractivity contribution in [1.29, 1.82) is 0 Å². The Balaban J connectivity index is 1.79. The predicted molar refractivity (Wildman–Crippen MR) is 121 cm³/mol. The van der Waals surface area contributed by atoms with Crippen LogP contribution in [0.4, 0.5) is 5.69 Å². The summed E-state index contributed by atoms with van der Waals surface area (Å²) in [5, 5.41) is 11.4. The Kier molecular flexibility index (Phi) is 5.82. The van der Waals surface area contributed by atoms with E-state index in [1.165, 1.54) is 0 Å². The number of amides is 1. The molecule has 32 heavy (non-hydrogen) atoms. The molecule has 0 spiro atoms. The van der Waals surface area contributed by atoms with Crippen LogP contribution in [0.25, 0.3) is 6.08 Å². The van der Waals surface area contributed by atoms with Gasteiger partial charge in [0, 0.05) is 22.7 Å². The van der Waals surface area contributed by atoms with Crippen LogP contribution in [-0.4, -0.2) is 29.6 Å². The van der Waals surface area contributed by atoms with Crippen molar-refractivity contribution in [2.75, 3.05) is 0 Å². The number of hydrogen-bond acceptors (Lipinski definition) is 5. The number of carbonyl (C=O) groups excluding carboxylic acids is 1. The summed E-state index contributed by atoms with van der Waals surface area (Å²) in [5.41, 5.74) is 1.49. The fourth-order valence-electron chi connectivity index (χ4n) is 3.60. The Labute approximate surface area is 189 Å². The SMILES string of the molecule is O=C1c2ccccc2C[C@@H](/C=C/c2ccccc2Cl)N1S(=O)(=O)c1ccc([N+](=O)[O-])cc1. The van der Waals surface area contributed by atoms with Gasteiger partial charge in [-0.15, -0.1) is 0 Å². The Morgan fingerprint density at radius 2 is 1.66 bits per heavy atom. The third kappa shape index (κ3) is 4.02. The van der Waals surface area contributed by atoms with Gasteiger partial charge < -0.3 is 0 Å². The molecule has 0 aliphatic carbocycles. The number of nitrogens with zero attached hydrogens (tertiary/aromatic N) is 2. The molecule has 0 bridgehead atoms. The maximum atomic E-state index is 13.5. The molecule has 0 aromatic heterocycles. The summed E-state index contributed by atoms with van der Waals surface area (Å²) in [4.78, 5) is 23.4. The molecule has 1 aliphatic rings. The molecule has 0 radical (unpaired) electrons. The van der Waals surface area contributed by atoms with Gasteiger partial charge in [0.2, 0.25) is 0 Å². The summed E-state index contributed by atoms with van der Waals surface area (Å²) < 4.78 is 27.7. The Bertz CT molecular complexity index is 1340. The first kappa shape index (κ1) is 21.7. The molecule has 1 atom stereocenters. The number of nitro benzene ring substituents is 1. The van der Waals surface area contributed by atoms with E-state index in [4.69, 9.17) is 11.6 Å². The molecule has 1 heterocycles. The van der Waals surface area contributed by atoms with E-state index in [1.807, 2.05) is 0 Å². The minimum Gasteiger partial charge on any atom is -0.268 e. The van der Waals surface area contributed by atoms with Gasteiger partial charge in [-0.25, -0.2) is 12.7 Å².